The normalized spacial score (nSPS) is 20.0. The topological polar surface area (TPSA) is 72.9 Å². The van der Waals surface area contributed by atoms with Crippen LogP contribution in [0.2, 0.25) is 0 Å². The molecule has 1 aromatic carbocycles. The van der Waals surface area contributed by atoms with Crippen LogP contribution in [0, 0.1) is 5.92 Å². The Balaban J connectivity index is 2.04. The molecule has 1 fully saturated rings. The van der Waals surface area contributed by atoms with Crippen molar-refractivity contribution in [2.75, 3.05) is 13.7 Å². The van der Waals surface area contributed by atoms with Gasteiger partial charge in [0.05, 0.1) is 12.6 Å². The summed E-state index contributed by atoms with van der Waals surface area (Å²) < 4.78 is 9.95. The van der Waals surface area contributed by atoms with Crippen molar-refractivity contribution < 1.29 is 23.9 Å². The van der Waals surface area contributed by atoms with E-state index in [1.165, 1.54) is 12.0 Å². The van der Waals surface area contributed by atoms with E-state index in [1.54, 1.807) is 13.8 Å². The summed E-state index contributed by atoms with van der Waals surface area (Å²) in [6.07, 6.45) is -0.314. The molecule has 23 heavy (non-hydrogen) atoms. The molecule has 6 heteroatoms. The highest BCUT2D eigenvalue weighted by atomic mass is 16.6. The maximum absolute atomic E-state index is 12.5. The Bertz CT molecular complexity index is 596. The fourth-order valence-corrected chi connectivity index (χ4v) is 2.71. The number of ether oxygens (including phenoxy) is 2. The SMILES string of the molecule is COC(=O)C1CCN(C(=O)OCc2ccccc2)C(C)(C)C1=O. The van der Waals surface area contributed by atoms with E-state index >= 15 is 0 Å². The Kier molecular flexibility index (Phi) is 5.03. The summed E-state index contributed by atoms with van der Waals surface area (Å²) in [5.41, 5.74) is -0.236. The van der Waals surface area contributed by atoms with Gasteiger partial charge in [0.15, 0.2) is 5.78 Å². The maximum atomic E-state index is 12.5. The Morgan fingerprint density at radius 2 is 1.91 bits per heavy atom. The second-order valence-corrected chi connectivity index (χ2v) is 5.98. The third kappa shape index (κ3) is 3.52. The molecule has 1 aromatic rings. The molecule has 0 spiro atoms. The fourth-order valence-electron chi connectivity index (χ4n) is 2.71. The average Bonchev–Trinajstić information content (AvgIpc) is 2.55. The number of hydrogen-bond acceptors (Lipinski definition) is 5. The largest absolute Gasteiger partial charge is 0.468 e. The van der Waals surface area contributed by atoms with Gasteiger partial charge in [-0.25, -0.2) is 4.79 Å². The van der Waals surface area contributed by atoms with Gasteiger partial charge in [0, 0.05) is 6.54 Å². The van der Waals surface area contributed by atoms with Crippen LogP contribution in [0.4, 0.5) is 4.79 Å². The lowest BCUT2D eigenvalue weighted by atomic mass is 9.81. The number of esters is 1. The third-order valence-corrected chi connectivity index (χ3v) is 4.15. The summed E-state index contributed by atoms with van der Waals surface area (Å²) in [7, 11) is 1.25. The molecule has 0 saturated carbocycles. The number of piperidine rings is 1. The summed E-state index contributed by atoms with van der Waals surface area (Å²) >= 11 is 0. The van der Waals surface area contributed by atoms with E-state index in [2.05, 4.69) is 4.74 Å². The monoisotopic (exact) mass is 319 g/mol. The van der Waals surface area contributed by atoms with Gasteiger partial charge in [-0.15, -0.1) is 0 Å². The molecule has 0 aliphatic carbocycles. The van der Waals surface area contributed by atoms with Gasteiger partial charge < -0.3 is 9.47 Å². The molecule has 1 unspecified atom stereocenters. The minimum atomic E-state index is -1.11. The predicted molar refractivity (Wildman–Crippen MR) is 82.5 cm³/mol. The number of Topliss-reactive ketones (excluding diaryl/α,β-unsaturated/α-hetero) is 1. The zero-order chi connectivity index (χ0) is 17.0. The Morgan fingerprint density at radius 1 is 1.26 bits per heavy atom. The van der Waals surface area contributed by atoms with E-state index in [1.807, 2.05) is 30.3 Å². The Hall–Kier alpha value is -2.37. The first kappa shape index (κ1) is 17.0. The number of carbonyl (C=O) groups excluding carboxylic acids is 3. The van der Waals surface area contributed by atoms with Crippen LogP contribution >= 0.6 is 0 Å². The van der Waals surface area contributed by atoms with Crippen LogP contribution in [0.15, 0.2) is 30.3 Å². The predicted octanol–water partition coefficient (Wildman–Crippen LogP) is 2.17. The van der Waals surface area contributed by atoms with Gasteiger partial charge in [0.2, 0.25) is 0 Å². The van der Waals surface area contributed by atoms with Gasteiger partial charge in [-0.1, -0.05) is 30.3 Å². The molecule has 1 atom stereocenters. The smallest absolute Gasteiger partial charge is 0.410 e. The van der Waals surface area contributed by atoms with E-state index in [4.69, 9.17) is 4.74 Å². The Morgan fingerprint density at radius 3 is 2.52 bits per heavy atom. The van der Waals surface area contributed by atoms with E-state index in [0.29, 0.717) is 0 Å². The van der Waals surface area contributed by atoms with Crippen LogP contribution in [-0.2, 0) is 25.7 Å². The van der Waals surface area contributed by atoms with Crippen molar-refractivity contribution in [2.24, 2.45) is 5.92 Å². The molecule has 1 aliphatic heterocycles. The minimum Gasteiger partial charge on any atom is -0.468 e. The summed E-state index contributed by atoms with van der Waals surface area (Å²) in [5, 5.41) is 0. The van der Waals surface area contributed by atoms with Gasteiger partial charge in [0.1, 0.15) is 12.5 Å². The van der Waals surface area contributed by atoms with Crippen molar-refractivity contribution in [3.63, 3.8) is 0 Å². The van der Waals surface area contributed by atoms with Crippen LogP contribution < -0.4 is 0 Å². The van der Waals surface area contributed by atoms with Gasteiger partial charge in [-0.2, -0.15) is 0 Å². The van der Waals surface area contributed by atoms with E-state index < -0.39 is 23.5 Å². The number of rotatable bonds is 3. The number of amides is 1. The van der Waals surface area contributed by atoms with Crippen LogP contribution in [0.3, 0.4) is 0 Å². The molecule has 0 bridgehead atoms. The van der Waals surface area contributed by atoms with Gasteiger partial charge >= 0.3 is 12.1 Å². The fraction of sp³-hybridized carbons (Fsp3) is 0.471. The number of hydrogen-bond donors (Lipinski definition) is 0. The van der Waals surface area contributed by atoms with Crippen molar-refractivity contribution in [3.05, 3.63) is 35.9 Å². The molecule has 1 saturated heterocycles. The lowest BCUT2D eigenvalue weighted by Gasteiger charge is -2.42. The first-order chi connectivity index (χ1) is 10.9. The second kappa shape index (κ2) is 6.81. The second-order valence-electron chi connectivity index (χ2n) is 5.98. The number of likely N-dealkylation sites (tertiary alicyclic amines) is 1. The average molecular weight is 319 g/mol. The minimum absolute atomic E-state index is 0.140. The molecule has 1 heterocycles. The molecule has 0 aromatic heterocycles. The van der Waals surface area contributed by atoms with Crippen molar-refractivity contribution in [1.82, 2.24) is 4.90 Å². The molecule has 2 rings (SSSR count). The number of methoxy groups -OCH3 is 1. The van der Waals surface area contributed by atoms with Crippen LogP contribution in [0.5, 0.6) is 0 Å². The molecule has 0 radical (unpaired) electrons. The van der Waals surface area contributed by atoms with Gasteiger partial charge in [-0.3, -0.25) is 14.5 Å². The van der Waals surface area contributed by atoms with Crippen molar-refractivity contribution in [3.8, 4) is 0 Å². The number of benzene rings is 1. The molecule has 1 amide bonds. The molecular formula is C17H21NO5. The van der Waals surface area contributed by atoms with Crippen molar-refractivity contribution >= 4 is 17.8 Å². The third-order valence-electron chi connectivity index (χ3n) is 4.15. The summed E-state index contributed by atoms with van der Waals surface area (Å²) in [6, 6.07) is 9.31. The standard InChI is InChI=1S/C17H21NO5/c1-17(2)14(19)13(15(20)22-3)9-10-18(17)16(21)23-11-12-7-5-4-6-8-12/h4-8,13H,9-11H2,1-3H3. The van der Waals surface area contributed by atoms with E-state index in [0.717, 1.165) is 5.56 Å². The lowest BCUT2D eigenvalue weighted by Crippen LogP contribution is -2.60. The van der Waals surface area contributed by atoms with Crippen LogP contribution in [-0.4, -0.2) is 41.9 Å². The lowest BCUT2D eigenvalue weighted by molar-refractivity contribution is -0.156. The Labute approximate surface area is 135 Å². The molecule has 1 aliphatic rings. The zero-order valence-electron chi connectivity index (χ0n) is 13.6. The summed E-state index contributed by atoms with van der Waals surface area (Å²) in [5.74, 6) is -1.71. The first-order valence-corrected chi connectivity index (χ1v) is 7.48. The van der Waals surface area contributed by atoms with Crippen LogP contribution in [0.25, 0.3) is 0 Å². The van der Waals surface area contributed by atoms with E-state index in [-0.39, 0.29) is 25.4 Å². The highest BCUT2D eigenvalue weighted by Gasteiger charge is 2.48. The molecule has 6 nitrogen and oxygen atoms in total. The maximum Gasteiger partial charge on any atom is 0.410 e. The summed E-state index contributed by atoms with van der Waals surface area (Å²) in [4.78, 5) is 37.8. The highest BCUT2D eigenvalue weighted by Crippen LogP contribution is 2.29. The van der Waals surface area contributed by atoms with Gasteiger partial charge in [-0.05, 0) is 25.8 Å². The number of nitrogens with zero attached hydrogens (tertiary/aromatic N) is 1. The van der Waals surface area contributed by atoms with Crippen molar-refractivity contribution in [2.45, 2.75) is 32.4 Å². The molecule has 124 valence electrons. The number of ketones is 1. The number of carbonyl (C=O) groups is 3. The molecular weight excluding hydrogens is 298 g/mol. The zero-order valence-corrected chi connectivity index (χ0v) is 13.6. The quantitative estimate of drug-likeness (QED) is 0.630. The molecule has 0 N–H and O–H groups in total. The van der Waals surface area contributed by atoms with Crippen LogP contribution in [0.1, 0.15) is 25.8 Å². The van der Waals surface area contributed by atoms with Gasteiger partial charge in [0.25, 0.3) is 0 Å². The summed E-state index contributed by atoms with van der Waals surface area (Å²) in [6.45, 7) is 3.65. The highest BCUT2D eigenvalue weighted by molar-refractivity contribution is 6.05. The van der Waals surface area contributed by atoms with Crippen molar-refractivity contribution in [1.29, 1.82) is 0 Å². The van der Waals surface area contributed by atoms with E-state index in [9.17, 15) is 14.4 Å². The first-order valence-electron chi connectivity index (χ1n) is 7.48.